The van der Waals surface area contributed by atoms with E-state index in [0.29, 0.717) is 10.9 Å². The van der Waals surface area contributed by atoms with Crippen molar-refractivity contribution in [2.45, 2.75) is 26.7 Å². The minimum Gasteiger partial charge on any atom is -0.389 e. The highest BCUT2D eigenvalue weighted by Gasteiger charge is 2.07. The lowest BCUT2D eigenvalue weighted by molar-refractivity contribution is 0.867. The first-order valence-electron chi connectivity index (χ1n) is 6.75. The molecule has 0 atom stereocenters. The molecule has 3 heteroatoms. The van der Waals surface area contributed by atoms with Gasteiger partial charge in [-0.25, -0.2) is 0 Å². The van der Waals surface area contributed by atoms with Gasteiger partial charge < -0.3 is 11.1 Å². The van der Waals surface area contributed by atoms with Crippen molar-refractivity contribution in [2.75, 3.05) is 5.32 Å². The Hall–Kier alpha value is -1.87. The van der Waals surface area contributed by atoms with Gasteiger partial charge in [0.25, 0.3) is 0 Å². The van der Waals surface area contributed by atoms with E-state index in [1.807, 2.05) is 12.1 Å². The molecule has 0 radical (unpaired) electrons. The van der Waals surface area contributed by atoms with Crippen LogP contribution in [0, 0.1) is 6.92 Å². The summed E-state index contributed by atoms with van der Waals surface area (Å²) in [5, 5.41) is 3.42. The van der Waals surface area contributed by atoms with E-state index in [1.165, 1.54) is 11.1 Å². The third kappa shape index (κ3) is 3.36. The lowest BCUT2D eigenvalue weighted by atomic mass is 10.0. The maximum Gasteiger partial charge on any atom is 0.106 e. The van der Waals surface area contributed by atoms with Crippen molar-refractivity contribution in [1.29, 1.82) is 0 Å². The molecular formula is C17H20N2S. The molecule has 0 bridgehead atoms. The van der Waals surface area contributed by atoms with Crippen molar-refractivity contribution in [2.24, 2.45) is 5.73 Å². The normalized spacial score (nSPS) is 10.6. The van der Waals surface area contributed by atoms with Gasteiger partial charge in [0.05, 0.1) is 0 Å². The van der Waals surface area contributed by atoms with Crippen LogP contribution in [-0.2, 0) is 0 Å². The summed E-state index contributed by atoms with van der Waals surface area (Å²) >= 11 is 5.11. The number of aryl methyl sites for hydroxylation is 1. The van der Waals surface area contributed by atoms with E-state index in [0.717, 1.165) is 16.9 Å². The van der Waals surface area contributed by atoms with Crippen molar-refractivity contribution in [3.8, 4) is 0 Å². The van der Waals surface area contributed by atoms with E-state index in [-0.39, 0.29) is 0 Å². The van der Waals surface area contributed by atoms with Gasteiger partial charge in [-0.1, -0.05) is 44.3 Å². The molecule has 0 spiro atoms. The van der Waals surface area contributed by atoms with Crippen LogP contribution in [0.3, 0.4) is 0 Å². The van der Waals surface area contributed by atoms with Gasteiger partial charge in [-0.05, 0) is 48.2 Å². The zero-order valence-electron chi connectivity index (χ0n) is 12.1. The number of thiocarbonyl (C=S) groups is 1. The molecule has 3 N–H and O–H groups in total. The Balaban J connectivity index is 2.36. The topological polar surface area (TPSA) is 38.0 Å². The van der Waals surface area contributed by atoms with Gasteiger partial charge in [0.2, 0.25) is 0 Å². The Morgan fingerprint density at radius 2 is 1.90 bits per heavy atom. The van der Waals surface area contributed by atoms with Gasteiger partial charge in [-0.15, -0.1) is 0 Å². The molecule has 0 aromatic heterocycles. The summed E-state index contributed by atoms with van der Waals surface area (Å²) in [5.74, 6) is 0.504. The van der Waals surface area contributed by atoms with Gasteiger partial charge in [0, 0.05) is 16.9 Å². The van der Waals surface area contributed by atoms with Crippen LogP contribution in [0.4, 0.5) is 11.4 Å². The first-order valence-corrected chi connectivity index (χ1v) is 7.15. The Kier molecular flexibility index (Phi) is 4.40. The van der Waals surface area contributed by atoms with Gasteiger partial charge >= 0.3 is 0 Å². The van der Waals surface area contributed by atoms with Crippen molar-refractivity contribution < 1.29 is 0 Å². The standard InChI is InChI=1S/C17H20N2S/c1-11(2)13-5-4-6-14(10-13)19-16-9-12(3)7-8-15(16)17(18)20/h4-11,19H,1-3H3,(H2,18,20). The van der Waals surface area contributed by atoms with Crippen LogP contribution in [0.25, 0.3) is 0 Å². The molecule has 0 saturated carbocycles. The van der Waals surface area contributed by atoms with E-state index in [2.05, 4.69) is 56.4 Å². The maximum atomic E-state index is 5.79. The molecule has 0 heterocycles. The summed E-state index contributed by atoms with van der Waals surface area (Å²) in [5.41, 5.74) is 11.2. The molecule has 0 aliphatic heterocycles. The molecule has 0 unspecified atom stereocenters. The Bertz CT molecular complexity index is 633. The van der Waals surface area contributed by atoms with E-state index in [1.54, 1.807) is 0 Å². The average Bonchev–Trinajstić information content (AvgIpc) is 2.38. The molecule has 2 rings (SSSR count). The summed E-state index contributed by atoms with van der Waals surface area (Å²) in [6, 6.07) is 14.5. The van der Waals surface area contributed by atoms with Crippen molar-refractivity contribution in [3.63, 3.8) is 0 Å². The predicted molar refractivity (Wildman–Crippen MR) is 90.9 cm³/mol. The molecule has 2 aromatic carbocycles. The number of benzene rings is 2. The first kappa shape index (κ1) is 14.5. The van der Waals surface area contributed by atoms with E-state index in [9.17, 15) is 0 Å². The second-order valence-electron chi connectivity index (χ2n) is 5.32. The van der Waals surface area contributed by atoms with Crippen molar-refractivity contribution in [3.05, 3.63) is 59.2 Å². The van der Waals surface area contributed by atoms with Crippen LogP contribution in [-0.4, -0.2) is 4.99 Å². The fraction of sp³-hybridized carbons (Fsp3) is 0.235. The number of hydrogen-bond acceptors (Lipinski definition) is 2. The maximum absolute atomic E-state index is 5.79. The second kappa shape index (κ2) is 6.06. The van der Waals surface area contributed by atoms with Crippen LogP contribution >= 0.6 is 12.2 Å². The third-order valence-electron chi connectivity index (χ3n) is 3.27. The fourth-order valence-electron chi connectivity index (χ4n) is 2.11. The molecular weight excluding hydrogens is 264 g/mol. The highest BCUT2D eigenvalue weighted by atomic mass is 32.1. The molecule has 2 nitrogen and oxygen atoms in total. The molecule has 104 valence electrons. The number of nitrogens with two attached hydrogens (primary N) is 1. The summed E-state index contributed by atoms with van der Waals surface area (Å²) in [4.78, 5) is 0.410. The highest BCUT2D eigenvalue weighted by molar-refractivity contribution is 7.80. The van der Waals surface area contributed by atoms with Crippen LogP contribution in [0.1, 0.15) is 36.5 Å². The SMILES string of the molecule is Cc1ccc(C(N)=S)c(Nc2cccc(C(C)C)c2)c1. The van der Waals surface area contributed by atoms with E-state index < -0.39 is 0 Å². The number of nitrogens with one attached hydrogen (secondary N) is 1. The van der Waals surface area contributed by atoms with Crippen molar-refractivity contribution >= 4 is 28.6 Å². The fourth-order valence-corrected chi connectivity index (χ4v) is 2.29. The molecule has 0 aliphatic rings. The third-order valence-corrected chi connectivity index (χ3v) is 3.49. The number of hydrogen-bond donors (Lipinski definition) is 2. The molecule has 20 heavy (non-hydrogen) atoms. The summed E-state index contributed by atoms with van der Waals surface area (Å²) in [7, 11) is 0. The lowest BCUT2D eigenvalue weighted by Crippen LogP contribution is -2.12. The van der Waals surface area contributed by atoms with E-state index >= 15 is 0 Å². The summed E-state index contributed by atoms with van der Waals surface area (Å²) < 4.78 is 0. The molecule has 0 fully saturated rings. The van der Waals surface area contributed by atoms with Gasteiger partial charge in [-0.3, -0.25) is 0 Å². The average molecular weight is 284 g/mol. The first-order chi connectivity index (χ1) is 9.47. The second-order valence-corrected chi connectivity index (χ2v) is 5.76. The quantitative estimate of drug-likeness (QED) is 0.812. The van der Waals surface area contributed by atoms with Crippen LogP contribution < -0.4 is 11.1 Å². The monoisotopic (exact) mass is 284 g/mol. The lowest BCUT2D eigenvalue weighted by Gasteiger charge is -2.14. The Labute approximate surface area is 126 Å². The minimum absolute atomic E-state index is 0.410. The molecule has 0 aliphatic carbocycles. The van der Waals surface area contributed by atoms with Crippen LogP contribution in [0.5, 0.6) is 0 Å². The number of rotatable bonds is 4. The highest BCUT2D eigenvalue weighted by Crippen LogP contribution is 2.25. The van der Waals surface area contributed by atoms with Gasteiger partial charge in [0.15, 0.2) is 0 Å². The number of anilines is 2. The molecule has 0 saturated heterocycles. The zero-order valence-corrected chi connectivity index (χ0v) is 12.9. The minimum atomic E-state index is 0.410. The van der Waals surface area contributed by atoms with Gasteiger partial charge in [-0.2, -0.15) is 0 Å². The summed E-state index contributed by atoms with van der Waals surface area (Å²) in [6.07, 6.45) is 0. The van der Waals surface area contributed by atoms with Crippen LogP contribution in [0.15, 0.2) is 42.5 Å². The van der Waals surface area contributed by atoms with Crippen molar-refractivity contribution in [1.82, 2.24) is 0 Å². The predicted octanol–water partition coefficient (Wildman–Crippen LogP) is 4.50. The van der Waals surface area contributed by atoms with E-state index in [4.69, 9.17) is 18.0 Å². The summed E-state index contributed by atoms with van der Waals surface area (Å²) in [6.45, 7) is 6.43. The van der Waals surface area contributed by atoms with Crippen LogP contribution in [0.2, 0.25) is 0 Å². The Morgan fingerprint density at radius 3 is 2.55 bits per heavy atom. The molecule has 0 amide bonds. The Morgan fingerprint density at radius 1 is 1.15 bits per heavy atom. The molecule has 2 aromatic rings. The van der Waals surface area contributed by atoms with Gasteiger partial charge in [0.1, 0.15) is 4.99 Å². The zero-order chi connectivity index (χ0) is 14.7. The smallest absolute Gasteiger partial charge is 0.106 e. The largest absolute Gasteiger partial charge is 0.389 e.